The summed E-state index contributed by atoms with van der Waals surface area (Å²) in [5, 5.41) is 0. The summed E-state index contributed by atoms with van der Waals surface area (Å²) in [7, 11) is 2.05. The van der Waals surface area contributed by atoms with Crippen LogP contribution >= 0.6 is 0 Å². The summed E-state index contributed by atoms with van der Waals surface area (Å²) in [6.07, 6.45) is 2.07. The van der Waals surface area contributed by atoms with Crippen molar-refractivity contribution >= 4 is 0 Å². The van der Waals surface area contributed by atoms with E-state index in [0.29, 0.717) is 0 Å². The predicted molar refractivity (Wildman–Crippen MR) is 37.1 cm³/mol. The predicted octanol–water partition coefficient (Wildman–Crippen LogP) is 1.13. The molecular weight excluding hydrogens is 110 g/mol. The van der Waals surface area contributed by atoms with Crippen LogP contribution in [-0.4, -0.2) is 0 Å². The highest BCUT2D eigenvalue weighted by Crippen LogP contribution is 1.94. The lowest BCUT2D eigenvalue weighted by Crippen LogP contribution is -2.30. The number of rotatable bonds is 0. The van der Waals surface area contributed by atoms with Gasteiger partial charge in [0, 0.05) is 19.1 Å². The molecule has 0 saturated heterocycles. The summed E-state index contributed by atoms with van der Waals surface area (Å²) in [5.74, 6) is 0. The van der Waals surface area contributed by atoms with Gasteiger partial charge < -0.3 is 0 Å². The van der Waals surface area contributed by atoms with Gasteiger partial charge >= 0.3 is 0 Å². The average molecular weight is 122 g/mol. The molecule has 1 nitrogen and oxygen atoms in total. The first-order valence-electron chi connectivity index (χ1n) is 3.13. The molecule has 0 saturated carbocycles. The molecule has 48 valence electrons. The van der Waals surface area contributed by atoms with E-state index in [1.807, 2.05) is 0 Å². The Morgan fingerprint density at radius 1 is 1.33 bits per heavy atom. The van der Waals surface area contributed by atoms with E-state index in [9.17, 15) is 0 Å². The molecule has 9 heavy (non-hydrogen) atoms. The van der Waals surface area contributed by atoms with Gasteiger partial charge in [-0.1, -0.05) is 0 Å². The molecule has 0 radical (unpaired) electrons. The molecule has 0 amide bonds. The largest absolute Gasteiger partial charge is 0.205 e. The van der Waals surface area contributed by atoms with Gasteiger partial charge in [0.05, 0.1) is 0 Å². The SMILES string of the molecule is Cc1cc[n+](C)c(C)c1. The monoisotopic (exact) mass is 122 g/mol. The van der Waals surface area contributed by atoms with Crippen LogP contribution < -0.4 is 4.57 Å². The third-order valence-electron chi connectivity index (χ3n) is 1.55. The van der Waals surface area contributed by atoms with Crippen molar-refractivity contribution in [2.24, 2.45) is 7.05 Å². The van der Waals surface area contributed by atoms with Crippen molar-refractivity contribution in [1.82, 2.24) is 0 Å². The highest BCUT2D eigenvalue weighted by Gasteiger charge is 1.96. The van der Waals surface area contributed by atoms with E-state index >= 15 is 0 Å². The van der Waals surface area contributed by atoms with Crippen molar-refractivity contribution in [1.29, 1.82) is 0 Å². The number of hydrogen-bond acceptors (Lipinski definition) is 0. The second-order valence-electron chi connectivity index (χ2n) is 2.46. The van der Waals surface area contributed by atoms with Crippen LogP contribution in [0, 0.1) is 13.8 Å². The molecule has 1 aromatic rings. The van der Waals surface area contributed by atoms with Crippen LogP contribution in [-0.2, 0) is 7.05 Å². The Labute approximate surface area is 56.0 Å². The van der Waals surface area contributed by atoms with Gasteiger partial charge in [-0.05, 0) is 12.5 Å². The van der Waals surface area contributed by atoms with Crippen LogP contribution in [0.4, 0.5) is 0 Å². The highest BCUT2D eigenvalue weighted by molar-refractivity contribution is 5.08. The number of hydrogen-bond donors (Lipinski definition) is 0. The molecule has 0 N–H and O–H groups in total. The van der Waals surface area contributed by atoms with E-state index in [-0.39, 0.29) is 0 Å². The zero-order valence-electron chi connectivity index (χ0n) is 6.18. The van der Waals surface area contributed by atoms with Crippen molar-refractivity contribution in [2.45, 2.75) is 13.8 Å². The van der Waals surface area contributed by atoms with E-state index in [4.69, 9.17) is 0 Å². The Morgan fingerprint density at radius 3 is 2.44 bits per heavy atom. The molecule has 1 rings (SSSR count). The second-order valence-corrected chi connectivity index (χ2v) is 2.46. The Bertz CT molecular complexity index is 216. The third-order valence-corrected chi connectivity index (χ3v) is 1.55. The minimum atomic E-state index is 1.30. The number of aromatic nitrogens is 1. The number of pyridine rings is 1. The molecule has 1 heteroatoms. The summed E-state index contributed by atoms with van der Waals surface area (Å²) in [4.78, 5) is 0. The first kappa shape index (κ1) is 6.27. The molecule has 1 aromatic heterocycles. The summed E-state index contributed by atoms with van der Waals surface area (Å²) in [6.45, 7) is 4.21. The second kappa shape index (κ2) is 2.18. The molecule has 0 atom stereocenters. The molecular formula is C8H12N+. The van der Waals surface area contributed by atoms with E-state index in [1.54, 1.807) is 0 Å². The van der Waals surface area contributed by atoms with Crippen molar-refractivity contribution in [3.05, 3.63) is 29.6 Å². The number of nitrogens with zero attached hydrogens (tertiary/aromatic N) is 1. The Morgan fingerprint density at radius 2 is 2.00 bits per heavy atom. The minimum absolute atomic E-state index is 1.30. The summed E-state index contributed by atoms with van der Waals surface area (Å²) >= 11 is 0. The molecule has 0 bridgehead atoms. The lowest BCUT2D eigenvalue weighted by atomic mass is 10.2. The fourth-order valence-electron chi connectivity index (χ4n) is 0.826. The quantitative estimate of drug-likeness (QED) is 0.454. The summed E-state index contributed by atoms with van der Waals surface area (Å²) < 4.78 is 2.10. The van der Waals surface area contributed by atoms with E-state index in [0.717, 1.165) is 0 Å². The zero-order valence-corrected chi connectivity index (χ0v) is 6.18. The molecule has 0 aliphatic carbocycles. The fourth-order valence-corrected chi connectivity index (χ4v) is 0.826. The van der Waals surface area contributed by atoms with E-state index in [2.05, 4.69) is 43.8 Å². The third kappa shape index (κ3) is 1.28. The molecule has 0 aromatic carbocycles. The first-order valence-corrected chi connectivity index (χ1v) is 3.13. The van der Waals surface area contributed by atoms with Gasteiger partial charge in [-0.25, -0.2) is 4.57 Å². The van der Waals surface area contributed by atoms with E-state index < -0.39 is 0 Å². The molecule has 0 unspecified atom stereocenters. The van der Waals surface area contributed by atoms with Crippen molar-refractivity contribution in [2.75, 3.05) is 0 Å². The lowest BCUT2D eigenvalue weighted by molar-refractivity contribution is -0.677. The molecule has 0 spiro atoms. The van der Waals surface area contributed by atoms with Gasteiger partial charge in [0.25, 0.3) is 0 Å². The molecule has 0 aliphatic heterocycles. The summed E-state index contributed by atoms with van der Waals surface area (Å²) in [6, 6.07) is 4.27. The normalized spacial score (nSPS) is 9.67. The number of aryl methyl sites for hydroxylation is 3. The maximum atomic E-state index is 2.17. The van der Waals surface area contributed by atoms with Gasteiger partial charge in [-0.2, -0.15) is 0 Å². The molecule has 0 fully saturated rings. The first-order chi connectivity index (χ1) is 4.20. The maximum Gasteiger partial charge on any atom is 0.178 e. The van der Waals surface area contributed by atoms with Gasteiger partial charge in [-0.3, -0.25) is 0 Å². The van der Waals surface area contributed by atoms with Crippen LogP contribution in [0.15, 0.2) is 18.3 Å². The molecule has 0 aliphatic rings. The van der Waals surface area contributed by atoms with Gasteiger partial charge in [0.15, 0.2) is 11.9 Å². The zero-order chi connectivity index (χ0) is 6.85. The van der Waals surface area contributed by atoms with Crippen molar-refractivity contribution < 1.29 is 4.57 Å². The minimum Gasteiger partial charge on any atom is -0.205 e. The van der Waals surface area contributed by atoms with Gasteiger partial charge in [0.1, 0.15) is 7.05 Å². The standard InChI is InChI=1S/C8H12N/c1-7-4-5-9(3)8(2)6-7/h4-6H,1-3H3/q+1. The average Bonchev–Trinajstić information content (AvgIpc) is 1.80. The van der Waals surface area contributed by atoms with Crippen molar-refractivity contribution in [3.63, 3.8) is 0 Å². The van der Waals surface area contributed by atoms with Crippen LogP contribution in [0.2, 0.25) is 0 Å². The van der Waals surface area contributed by atoms with Crippen molar-refractivity contribution in [3.8, 4) is 0 Å². The Hall–Kier alpha value is -0.850. The smallest absolute Gasteiger partial charge is 0.178 e. The molecule has 1 heterocycles. The van der Waals surface area contributed by atoms with Gasteiger partial charge in [0.2, 0.25) is 0 Å². The van der Waals surface area contributed by atoms with Crippen LogP contribution in [0.1, 0.15) is 11.3 Å². The van der Waals surface area contributed by atoms with Crippen LogP contribution in [0.25, 0.3) is 0 Å². The Balaban J connectivity index is 3.17. The Kier molecular flexibility index (Phi) is 1.52. The van der Waals surface area contributed by atoms with Gasteiger partial charge in [-0.15, -0.1) is 0 Å². The van der Waals surface area contributed by atoms with E-state index in [1.165, 1.54) is 11.3 Å². The maximum absolute atomic E-state index is 2.17. The van der Waals surface area contributed by atoms with Crippen LogP contribution in [0.3, 0.4) is 0 Å². The summed E-state index contributed by atoms with van der Waals surface area (Å²) in [5.41, 5.74) is 2.63. The fraction of sp³-hybridized carbons (Fsp3) is 0.375. The van der Waals surface area contributed by atoms with Crippen LogP contribution in [0.5, 0.6) is 0 Å². The highest BCUT2D eigenvalue weighted by atomic mass is 14.9. The topological polar surface area (TPSA) is 3.88 Å². The lowest BCUT2D eigenvalue weighted by Gasteiger charge is -1.92.